The Morgan fingerprint density at radius 2 is 1.84 bits per heavy atom. The summed E-state index contributed by atoms with van der Waals surface area (Å²) in [5.41, 5.74) is 0.256. The summed E-state index contributed by atoms with van der Waals surface area (Å²) < 4.78 is 29.7. The van der Waals surface area contributed by atoms with Gasteiger partial charge in [-0.1, -0.05) is 11.6 Å². The Hall–Kier alpha value is -0.880. The van der Waals surface area contributed by atoms with Gasteiger partial charge < -0.3 is 9.63 Å². The molecule has 3 rings (SSSR count). The lowest BCUT2D eigenvalue weighted by molar-refractivity contribution is 0.00329. The third kappa shape index (κ3) is 1.84. The minimum Gasteiger partial charge on any atom is -0.385 e. The molecular weight excluding hydrogens is 266 g/mol. The minimum atomic E-state index is -3.06. The average Bonchev–Trinajstić information content (AvgIpc) is 2.62. The lowest BCUT2D eigenvalue weighted by Crippen LogP contribution is -2.50. The summed E-state index contributed by atoms with van der Waals surface area (Å²) >= 11 is 0. The molecule has 19 heavy (non-hydrogen) atoms. The Morgan fingerprint density at radius 3 is 2.32 bits per heavy atom. The van der Waals surface area contributed by atoms with E-state index in [1.54, 1.807) is 13.8 Å². The molecule has 2 unspecified atom stereocenters. The van der Waals surface area contributed by atoms with Crippen LogP contribution in [0.4, 0.5) is 0 Å². The molecule has 6 heteroatoms. The minimum absolute atomic E-state index is 0.273. The molecule has 0 radical (unpaired) electrons. The van der Waals surface area contributed by atoms with Gasteiger partial charge >= 0.3 is 0 Å². The van der Waals surface area contributed by atoms with Crippen LogP contribution in [0.1, 0.15) is 49.1 Å². The van der Waals surface area contributed by atoms with Crippen molar-refractivity contribution in [2.24, 2.45) is 0 Å². The van der Waals surface area contributed by atoms with Gasteiger partial charge in [-0.25, -0.2) is 8.42 Å². The van der Waals surface area contributed by atoms with Gasteiger partial charge in [-0.05, 0) is 39.5 Å². The highest BCUT2D eigenvalue weighted by atomic mass is 32.2. The Kier molecular flexibility index (Phi) is 2.80. The van der Waals surface area contributed by atoms with Gasteiger partial charge in [0.15, 0.2) is 9.84 Å². The van der Waals surface area contributed by atoms with Crippen molar-refractivity contribution in [3.05, 3.63) is 17.0 Å². The first-order valence-corrected chi connectivity index (χ1v) is 8.34. The van der Waals surface area contributed by atoms with Crippen LogP contribution >= 0.6 is 0 Å². The molecule has 2 aliphatic rings. The molecule has 1 aromatic rings. The quantitative estimate of drug-likeness (QED) is 0.848. The fraction of sp³-hybridized carbons (Fsp3) is 0.769. The van der Waals surface area contributed by atoms with Gasteiger partial charge in [-0.2, -0.15) is 0 Å². The van der Waals surface area contributed by atoms with Gasteiger partial charge in [0, 0.05) is 5.56 Å². The van der Waals surface area contributed by atoms with Crippen LogP contribution in [0.5, 0.6) is 0 Å². The van der Waals surface area contributed by atoms with Gasteiger partial charge in [0.25, 0.3) is 0 Å². The first-order chi connectivity index (χ1) is 8.84. The van der Waals surface area contributed by atoms with E-state index in [9.17, 15) is 13.5 Å². The van der Waals surface area contributed by atoms with Crippen LogP contribution in [0.15, 0.2) is 4.52 Å². The van der Waals surface area contributed by atoms with E-state index < -0.39 is 25.9 Å². The van der Waals surface area contributed by atoms with Crippen molar-refractivity contribution in [2.75, 3.05) is 0 Å². The van der Waals surface area contributed by atoms with E-state index in [0.717, 1.165) is 6.42 Å². The number of hydrogen-bond donors (Lipinski definition) is 1. The lowest BCUT2D eigenvalue weighted by Gasteiger charge is -2.43. The first kappa shape index (κ1) is 13.1. The third-order valence-electron chi connectivity index (χ3n) is 4.61. The molecule has 2 aliphatic heterocycles. The lowest BCUT2D eigenvalue weighted by atomic mass is 9.80. The van der Waals surface area contributed by atoms with Gasteiger partial charge in [0.2, 0.25) is 0 Å². The summed E-state index contributed by atoms with van der Waals surface area (Å²) in [4.78, 5) is 0. The van der Waals surface area contributed by atoms with E-state index in [1.165, 1.54) is 0 Å². The maximum Gasteiger partial charge on any atom is 0.156 e. The molecule has 3 heterocycles. The second-order valence-corrected chi connectivity index (χ2v) is 8.41. The van der Waals surface area contributed by atoms with E-state index in [4.69, 9.17) is 4.52 Å². The highest BCUT2D eigenvalue weighted by Crippen LogP contribution is 2.47. The molecule has 0 amide bonds. The maximum absolute atomic E-state index is 12.3. The van der Waals surface area contributed by atoms with Crippen molar-refractivity contribution >= 4 is 9.84 Å². The van der Waals surface area contributed by atoms with Gasteiger partial charge in [0.05, 0.1) is 21.8 Å². The topological polar surface area (TPSA) is 80.4 Å². The summed E-state index contributed by atoms with van der Waals surface area (Å²) in [6, 6.07) is 0. The first-order valence-electron chi connectivity index (χ1n) is 6.73. The molecule has 1 aromatic heterocycles. The van der Waals surface area contributed by atoms with E-state index in [0.29, 0.717) is 29.9 Å². The van der Waals surface area contributed by atoms with E-state index in [-0.39, 0.29) is 12.8 Å². The number of aliphatic hydroxyl groups is 1. The number of sulfone groups is 1. The molecule has 2 bridgehead atoms. The number of nitrogens with zero attached hydrogens (tertiary/aromatic N) is 1. The standard InChI is InChI=1S/C13H19NO4S/c1-8-12(9(2)18-14-8)13(15)6-10-4-3-5-11(7-13)19(10,16)17/h10-11,15H,3-7H2,1-2H3. The molecule has 5 nitrogen and oxygen atoms in total. The molecule has 106 valence electrons. The Labute approximate surface area is 112 Å². The smallest absolute Gasteiger partial charge is 0.156 e. The second kappa shape index (κ2) is 4.06. The summed E-state index contributed by atoms with van der Waals surface area (Å²) in [6.45, 7) is 3.56. The molecule has 0 aliphatic carbocycles. The average molecular weight is 285 g/mol. The van der Waals surface area contributed by atoms with E-state index >= 15 is 0 Å². The predicted octanol–water partition coefficient (Wildman–Crippen LogP) is 1.61. The number of aromatic nitrogens is 1. The highest BCUT2D eigenvalue weighted by molar-refractivity contribution is 7.92. The molecule has 1 N–H and O–H groups in total. The van der Waals surface area contributed by atoms with E-state index in [2.05, 4.69) is 5.16 Å². The Bertz CT molecular complexity index is 565. The molecule has 2 saturated heterocycles. The maximum atomic E-state index is 12.3. The molecule has 0 spiro atoms. The number of fused-ring (bicyclic) bond motifs is 2. The van der Waals surface area contributed by atoms with Gasteiger partial charge in [0.1, 0.15) is 5.76 Å². The van der Waals surface area contributed by atoms with Crippen LogP contribution in [0.25, 0.3) is 0 Å². The zero-order chi connectivity index (χ0) is 13.8. The largest absolute Gasteiger partial charge is 0.385 e. The van der Waals surface area contributed by atoms with Gasteiger partial charge in [-0.15, -0.1) is 0 Å². The fourth-order valence-electron chi connectivity index (χ4n) is 3.80. The van der Waals surface area contributed by atoms with Gasteiger partial charge in [-0.3, -0.25) is 0 Å². The zero-order valence-corrected chi connectivity index (χ0v) is 12.0. The van der Waals surface area contributed by atoms with Crippen LogP contribution in [0, 0.1) is 13.8 Å². The third-order valence-corrected chi connectivity index (χ3v) is 7.27. The predicted molar refractivity (Wildman–Crippen MR) is 69.5 cm³/mol. The van der Waals surface area contributed by atoms with Crippen molar-refractivity contribution < 1.29 is 18.0 Å². The van der Waals surface area contributed by atoms with Crippen LogP contribution < -0.4 is 0 Å². The Balaban J connectivity index is 2.04. The zero-order valence-electron chi connectivity index (χ0n) is 11.2. The van der Waals surface area contributed by atoms with Crippen LogP contribution in [-0.4, -0.2) is 29.2 Å². The number of hydrogen-bond acceptors (Lipinski definition) is 5. The summed E-state index contributed by atoms with van der Waals surface area (Å²) in [5, 5.41) is 14.0. The van der Waals surface area contributed by atoms with Crippen molar-refractivity contribution in [1.29, 1.82) is 0 Å². The molecule has 2 atom stereocenters. The van der Waals surface area contributed by atoms with Crippen molar-refractivity contribution in [1.82, 2.24) is 5.16 Å². The molecular formula is C13H19NO4S. The summed E-state index contributed by atoms with van der Waals surface area (Å²) in [7, 11) is -3.06. The molecule has 2 fully saturated rings. The highest BCUT2D eigenvalue weighted by Gasteiger charge is 2.52. The van der Waals surface area contributed by atoms with Crippen molar-refractivity contribution in [3.8, 4) is 0 Å². The van der Waals surface area contributed by atoms with E-state index in [1.807, 2.05) is 0 Å². The normalized spacial score (nSPS) is 37.2. The van der Waals surface area contributed by atoms with Crippen molar-refractivity contribution in [3.63, 3.8) is 0 Å². The monoisotopic (exact) mass is 285 g/mol. The number of rotatable bonds is 1. The van der Waals surface area contributed by atoms with Crippen LogP contribution in [0.3, 0.4) is 0 Å². The summed E-state index contributed by atoms with van der Waals surface area (Å²) in [6.07, 6.45) is 2.80. The van der Waals surface area contributed by atoms with Crippen LogP contribution in [-0.2, 0) is 15.4 Å². The molecule has 0 saturated carbocycles. The summed E-state index contributed by atoms with van der Waals surface area (Å²) in [5.74, 6) is 0.595. The SMILES string of the molecule is Cc1noc(C)c1C1(O)CC2CCCC(C1)S2(=O)=O. The molecule has 0 aromatic carbocycles. The second-order valence-electron chi connectivity index (χ2n) is 5.90. The van der Waals surface area contributed by atoms with Crippen LogP contribution in [0.2, 0.25) is 0 Å². The fourth-order valence-corrected chi connectivity index (χ4v) is 6.35. The number of aryl methyl sites for hydroxylation is 2. The Morgan fingerprint density at radius 1 is 1.26 bits per heavy atom. The van der Waals surface area contributed by atoms with Crippen molar-refractivity contribution in [2.45, 2.75) is 62.1 Å².